The first-order valence-electron chi connectivity index (χ1n) is 6.84. The van der Waals surface area contributed by atoms with Gasteiger partial charge in [0.15, 0.2) is 0 Å². The Labute approximate surface area is 110 Å². The Bertz CT molecular complexity index is 279. The summed E-state index contributed by atoms with van der Waals surface area (Å²) in [6.07, 6.45) is 8.45. The molecule has 3 fully saturated rings. The summed E-state index contributed by atoms with van der Waals surface area (Å²) in [5.41, 5.74) is 0. The second-order valence-corrected chi connectivity index (χ2v) is 5.85. The summed E-state index contributed by atoms with van der Waals surface area (Å²) in [5, 5.41) is 6.64. The lowest BCUT2D eigenvalue weighted by atomic mass is 9.95. The van der Waals surface area contributed by atoms with Gasteiger partial charge in [-0.1, -0.05) is 6.42 Å². The summed E-state index contributed by atoms with van der Waals surface area (Å²) in [5.74, 6) is 1.99. The van der Waals surface area contributed by atoms with Crippen molar-refractivity contribution >= 4 is 18.3 Å². The van der Waals surface area contributed by atoms with Crippen molar-refractivity contribution in [3.63, 3.8) is 0 Å². The lowest BCUT2D eigenvalue weighted by molar-refractivity contribution is -0.122. The van der Waals surface area contributed by atoms with Crippen LogP contribution in [0.2, 0.25) is 0 Å². The SMILES string of the molecule is Cl.O=C(CC1CCCN1)NC1CC2CCC1C2. The van der Waals surface area contributed by atoms with Crippen molar-refractivity contribution < 1.29 is 4.79 Å². The molecule has 98 valence electrons. The van der Waals surface area contributed by atoms with Gasteiger partial charge in [-0.05, 0) is 50.5 Å². The highest BCUT2D eigenvalue weighted by atomic mass is 35.5. The predicted octanol–water partition coefficient (Wildman–Crippen LogP) is 1.86. The molecular weight excluding hydrogens is 236 g/mol. The van der Waals surface area contributed by atoms with Crippen molar-refractivity contribution in [3.8, 4) is 0 Å². The number of hydrogen-bond donors (Lipinski definition) is 2. The van der Waals surface area contributed by atoms with Crippen LogP contribution in [0.4, 0.5) is 0 Å². The molecule has 0 radical (unpaired) electrons. The van der Waals surface area contributed by atoms with Gasteiger partial charge in [0.25, 0.3) is 0 Å². The molecule has 1 amide bonds. The second kappa shape index (κ2) is 5.57. The molecule has 1 saturated heterocycles. The zero-order chi connectivity index (χ0) is 11.0. The average molecular weight is 259 g/mol. The van der Waals surface area contributed by atoms with Gasteiger partial charge in [0.2, 0.25) is 5.91 Å². The first-order chi connectivity index (χ1) is 7.81. The molecule has 1 heterocycles. The lowest BCUT2D eigenvalue weighted by Crippen LogP contribution is -2.40. The van der Waals surface area contributed by atoms with E-state index >= 15 is 0 Å². The molecule has 0 aromatic rings. The number of halogens is 1. The standard InChI is InChI=1S/C13H22N2O.ClH/c16-13(8-11-2-1-5-14-11)15-12-7-9-3-4-10(12)6-9;/h9-12,14H,1-8H2,(H,15,16);1H. The molecule has 4 heteroatoms. The van der Waals surface area contributed by atoms with Gasteiger partial charge < -0.3 is 10.6 Å². The van der Waals surface area contributed by atoms with E-state index in [4.69, 9.17) is 0 Å². The fraction of sp³-hybridized carbons (Fsp3) is 0.923. The van der Waals surface area contributed by atoms with Crippen molar-refractivity contribution in [3.05, 3.63) is 0 Å². The van der Waals surface area contributed by atoms with E-state index in [1.54, 1.807) is 0 Å². The van der Waals surface area contributed by atoms with Gasteiger partial charge in [-0.25, -0.2) is 0 Å². The number of fused-ring (bicyclic) bond motifs is 2. The predicted molar refractivity (Wildman–Crippen MR) is 70.3 cm³/mol. The molecule has 2 N–H and O–H groups in total. The minimum absolute atomic E-state index is 0. The number of rotatable bonds is 3. The third-order valence-corrected chi connectivity index (χ3v) is 4.68. The van der Waals surface area contributed by atoms with Crippen LogP contribution in [0.25, 0.3) is 0 Å². The molecule has 4 atom stereocenters. The van der Waals surface area contributed by atoms with E-state index in [-0.39, 0.29) is 18.3 Å². The Balaban J connectivity index is 0.00000108. The molecule has 3 rings (SSSR count). The maximum atomic E-state index is 11.9. The number of carbonyl (C=O) groups excluding carboxylic acids is 1. The van der Waals surface area contributed by atoms with Crippen LogP contribution in [0.3, 0.4) is 0 Å². The Hall–Kier alpha value is -0.280. The van der Waals surface area contributed by atoms with Crippen LogP contribution in [0.1, 0.15) is 44.9 Å². The van der Waals surface area contributed by atoms with Crippen LogP contribution in [0.5, 0.6) is 0 Å². The normalized spacial score (nSPS) is 39.1. The zero-order valence-corrected chi connectivity index (χ0v) is 11.1. The van der Waals surface area contributed by atoms with Crippen LogP contribution in [0, 0.1) is 11.8 Å². The monoisotopic (exact) mass is 258 g/mol. The average Bonchev–Trinajstić information content (AvgIpc) is 2.92. The minimum Gasteiger partial charge on any atom is -0.353 e. The topological polar surface area (TPSA) is 41.1 Å². The third kappa shape index (κ3) is 2.94. The minimum atomic E-state index is 0. The van der Waals surface area contributed by atoms with E-state index in [1.807, 2.05) is 0 Å². The summed E-state index contributed by atoms with van der Waals surface area (Å²) in [7, 11) is 0. The highest BCUT2D eigenvalue weighted by Crippen LogP contribution is 2.44. The van der Waals surface area contributed by atoms with Gasteiger partial charge in [-0.2, -0.15) is 0 Å². The lowest BCUT2D eigenvalue weighted by Gasteiger charge is -2.23. The van der Waals surface area contributed by atoms with Crippen LogP contribution < -0.4 is 10.6 Å². The van der Waals surface area contributed by atoms with Crippen LogP contribution in [-0.2, 0) is 4.79 Å². The van der Waals surface area contributed by atoms with Crippen LogP contribution >= 0.6 is 12.4 Å². The number of amides is 1. The van der Waals surface area contributed by atoms with E-state index in [0.29, 0.717) is 18.5 Å². The highest BCUT2D eigenvalue weighted by molar-refractivity contribution is 5.85. The van der Waals surface area contributed by atoms with E-state index in [0.717, 1.165) is 18.4 Å². The van der Waals surface area contributed by atoms with Gasteiger partial charge in [0.1, 0.15) is 0 Å². The first kappa shape index (κ1) is 13.2. The maximum Gasteiger partial charge on any atom is 0.221 e. The summed E-state index contributed by atoms with van der Waals surface area (Å²) in [6, 6.07) is 0.950. The summed E-state index contributed by atoms with van der Waals surface area (Å²) in [4.78, 5) is 11.9. The van der Waals surface area contributed by atoms with Crippen molar-refractivity contribution in [2.75, 3.05) is 6.54 Å². The van der Waals surface area contributed by atoms with Crippen LogP contribution in [0.15, 0.2) is 0 Å². The smallest absolute Gasteiger partial charge is 0.221 e. The van der Waals surface area contributed by atoms with Gasteiger partial charge in [0, 0.05) is 18.5 Å². The molecule has 3 nitrogen and oxygen atoms in total. The summed E-state index contributed by atoms with van der Waals surface area (Å²) >= 11 is 0. The molecular formula is C13H23ClN2O. The Kier molecular flexibility index (Phi) is 4.31. The molecule has 17 heavy (non-hydrogen) atoms. The number of carbonyl (C=O) groups is 1. The zero-order valence-electron chi connectivity index (χ0n) is 10.3. The second-order valence-electron chi connectivity index (χ2n) is 5.85. The number of hydrogen-bond acceptors (Lipinski definition) is 2. The largest absolute Gasteiger partial charge is 0.353 e. The van der Waals surface area contributed by atoms with Crippen molar-refractivity contribution in [1.82, 2.24) is 10.6 Å². The molecule has 1 aliphatic heterocycles. The summed E-state index contributed by atoms with van der Waals surface area (Å²) in [6.45, 7) is 1.09. The Morgan fingerprint density at radius 3 is 2.71 bits per heavy atom. The molecule has 3 aliphatic rings. The van der Waals surface area contributed by atoms with E-state index < -0.39 is 0 Å². The fourth-order valence-electron chi connectivity index (χ4n) is 3.84. The van der Waals surface area contributed by atoms with Crippen LogP contribution in [-0.4, -0.2) is 24.5 Å². The quantitative estimate of drug-likeness (QED) is 0.811. The molecule has 2 bridgehead atoms. The van der Waals surface area contributed by atoms with Gasteiger partial charge in [0.05, 0.1) is 0 Å². The molecule has 2 aliphatic carbocycles. The molecule has 2 saturated carbocycles. The van der Waals surface area contributed by atoms with E-state index in [9.17, 15) is 4.79 Å². The first-order valence-corrected chi connectivity index (χ1v) is 6.84. The summed E-state index contributed by atoms with van der Waals surface area (Å²) < 4.78 is 0. The third-order valence-electron chi connectivity index (χ3n) is 4.68. The fourth-order valence-corrected chi connectivity index (χ4v) is 3.84. The Morgan fingerprint density at radius 1 is 1.24 bits per heavy atom. The Morgan fingerprint density at radius 2 is 2.12 bits per heavy atom. The molecule has 0 aromatic carbocycles. The van der Waals surface area contributed by atoms with Gasteiger partial charge >= 0.3 is 0 Å². The molecule has 0 spiro atoms. The number of nitrogens with one attached hydrogen (secondary N) is 2. The highest BCUT2D eigenvalue weighted by Gasteiger charge is 2.40. The van der Waals surface area contributed by atoms with E-state index in [1.165, 1.54) is 38.5 Å². The molecule has 0 aromatic heterocycles. The van der Waals surface area contributed by atoms with Crippen molar-refractivity contribution in [2.45, 2.75) is 57.0 Å². The van der Waals surface area contributed by atoms with Crippen molar-refractivity contribution in [2.24, 2.45) is 11.8 Å². The van der Waals surface area contributed by atoms with Crippen molar-refractivity contribution in [1.29, 1.82) is 0 Å². The van der Waals surface area contributed by atoms with E-state index in [2.05, 4.69) is 10.6 Å². The van der Waals surface area contributed by atoms with Gasteiger partial charge in [-0.3, -0.25) is 4.79 Å². The maximum absolute atomic E-state index is 11.9. The molecule has 4 unspecified atom stereocenters. The van der Waals surface area contributed by atoms with Gasteiger partial charge in [-0.15, -0.1) is 12.4 Å².